The molecule has 5 heteroatoms. The molecule has 0 radical (unpaired) electrons. The van der Waals surface area contributed by atoms with E-state index in [4.69, 9.17) is 11.6 Å². The fourth-order valence-electron chi connectivity index (χ4n) is 1.86. The molecular weight excluding hydrogens is 276 g/mol. The first-order valence-electron chi connectivity index (χ1n) is 6.35. The Morgan fingerprint density at radius 1 is 1.15 bits per heavy atom. The highest BCUT2D eigenvalue weighted by atomic mass is 35.5. The number of nitrogens with zero attached hydrogens (tertiary/aromatic N) is 1. The van der Waals surface area contributed by atoms with Crippen molar-refractivity contribution < 1.29 is 4.92 Å². The van der Waals surface area contributed by atoms with Gasteiger partial charge in [0, 0.05) is 18.3 Å². The first-order valence-corrected chi connectivity index (χ1v) is 6.73. The van der Waals surface area contributed by atoms with Gasteiger partial charge in [0.1, 0.15) is 5.02 Å². The molecule has 0 unspecified atom stereocenters. The number of benzene rings is 2. The lowest BCUT2D eigenvalue weighted by Crippen LogP contribution is -2.00. The Morgan fingerprint density at radius 3 is 2.40 bits per heavy atom. The van der Waals surface area contributed by atoms with Crippen molar-refractivity contribution in [1.29, 1.82) is 0 Å². The minimum Gasteiger partial charge on any atom is -0.381 e. The Morgan fingerprint density at radius 2 is 1.80 bits per heavy atom. The second kappa shape index (κ2) is 6.39. The van der Waals surface area contributed by atoms with Gasteiger partial charge in [0.15, 0.2) is 0 Å². The third-order valence-electron chi connectivity index (χ3n) is 3.07. The standard InChI is InChI=1S/C15H15ClN2O2/c1-2-11-3-5-12(6-4-11)10-17-13-7-8-14(16)15(9-13)18(19)20/h3-9,17H,2,10H2,1H3. The lowest BCUT2D eigenvalue weighted by molar-refractivity contribution is -0.384. The molecule has 1 N–H and O–H groups in total. The SMILES string of the molecule is CCc1ccc(CNc2ccc(Cl)c([N+](=O)[O-])c2)cc1. The van der Waals surface area contributed by atoms with Gasteiger partial charge in [0.25, 0.3) is 5.69 Å². The van der Waals surface area contributed by atoms with Gasteiger partial charge in [-0.05, 0) is 29.7 Å². The van der Waals surface area contributed by atoms with Crippen molar-refractivity contribution >= 4 is 23.0 Å². The molecule has 0 spiro atoms. The van der Waals surface area contributed by atoms with E-state index in [0.29, 0.717) is 12.2 Å². The van der Waals surface area contributed by atoms with Gasteiger partial charge in [-0.3, -0.25) is 10.1 Å². The highest BCUT2D eigenvalue weighted by Gasteiger charge is 2.12. The van der Waals surface area contributed by atoms with E-state index in [1.165, 1.54) is 17.7 Å². The van der Waals surface area contributed by atoms with Gasteiger partial charge in [0.05, 0.1) is 4.92 Å². The molecule has 0 amide bonds. The molecule has 0 aliphatic heterocycles. The maximum Gasteiger partial charge on any atom is 0.289 e. The van der Waals surface area contributed by atoms with Crippen LogP contribution in [0.25, 0.3) is 0 Å². The molecule has 20 heavy (non-hydrogen) atoms. The van der Waals surface area contributed by atoms with Crippen LogP contribution in [0.1, 0.15) is 18.1 Å². The number of halogens is 1. The Hall–Kier alpha value is -2.07. The average molecular weight is 291 g/mol. The number of rotatable bonds is 5. The largest absolute Gasteiger partial charge is 0.381 e. The first-order chi connectivity index (χ1) is 9.60. The molecular formula is C15H15ClN2O2. The van der Waals surface area contributed by atoms with Crippen molar-refractivity contribution in [3.05, 3.63) is 68.7 Å². The zero-order valence-corrected chi connectivity index (χ0v) is 11.9. The number of hydrogen-bond donors (Lipinski definition) is 1. The predicted molar refractivity (Wildman–Crippen MR) is 81.3 cm³/mol. The van der Waals surface area contributed by atoms with Gasteiger partial charge in [-0.15, -0.1) is 0 Å². The van der Waals surface area contributed by atoms with E-state index in [2.05, 4.69) is 36.5 Å². The topological polar surface area (TPSA) is 55.2 Å². The molecule has 0 fully saturated rings. The van der Waals surface area contributed by atoms with Gasteiger partial charge in [-0.1, -0.05) is 42.8 Å². The van der Waals surface area contributed by atoms with Crippen LogP contribution in [-0.4, -0.2) is 4.92 Å². The first kappa shape index (κ1) is 14.3. The van der Waals surface area contributed by atoms with Crippen molar-refractivity contribution in [2.75, 3.05) is 5.32 Å². The Bertz CT molecular complexity index is 612. The Labute approximate surface area is 122 Å². The summed E-state index contributed by atoms with van der Waals surface area (Å²) < 4.78 is 0. The molecule has 0 aliphatic carbocycles. The summed E-state index contributed by atoms with van der Waals surface area (Å²) in [6.07, 6.45) is 1.01. The van der Waals surface area contributed by atoms with Gasteiger partial charge in [0.2, 0.25) is 0 Å². The summed E-state index contributed by atoms with van der Waals surface area (Å²) in [6.45, 7) is 2.73. The molecule has 0 saturated heterocycles. The van der Waals surface area contributed by atoms with Crippen LogP contribution in [0.5, 0.6) is 0 Å². The molecule has 0 aromatic heterocycles. The number of anilines is 1. The number of nitrogens with one attached hydrogen (secondary N) is 1. The lowest BCUT2D eigenvalue weighted by Gasteiger charge is -2.07. The van der Waals surface area contributed by atoms with Crippen molar-refractivity contribution in [1.82, 2.24) is 0 Å². The van der Waals surface area contributed by atoms with Crippen molar-refractivity contribution in [2.45, 2.75) is 19.9 Å². The number of nitro groups is 1. The second-order valence-corrected chi connectivity index (χ2v) is 4.85. The molecule has 0 heterocycles. The lowest BCUT2D eigenvalue weighted by atomic mass is 10.1. The maximum absolute atomic E-state index is 10.8. The molecule has 0 bridgehead atoms. The van der Waals surface area contributed by atoms with E-state index < -0.39 is 4.92 Å². The Kier molecular flexibility index (Phi) is 4.58. The highest BCUT2D eigenvalue weighted by Crippen LogP contribution is 2.27. The monoisotopic (exact) mass is 290 g/mol. The average Bonchev–Trinajstić information content (AvgIpc) is 2.46. The normalized spacial score (nSPS) is 10.3. The molecule has 0 atom stereocenters. The van der Waals surface area contributed by atoms with Crippen LogP contribution in [0.2, 0.25) is 5.02 Å². The van der Waals surface area contributed by atoms with Gasteiger partial charge in [-0.2, -0.15) is 0 Å². The van der Waals surface area contributed by atoms with E-state index >= 15 is 0 Å². The zero-order valence-electron chi connectivity index (χ0n) is 11.1. The van der Waals surface area contributed by atoms with E-state index in [1.54, 1.807) is 6.07 Å². The van der Waals surface area contributed by atoms with Crippen LogP contribution < -0.4 is 5.32 Å². The van der Waals surface area contributed by atoms with E-state index in [0.717, 1.165) is 12.0 Å². The quantitative estimate of drug-likeness (QED) is 0.655. The second-order valence-electron chi connectivity index (χ2n) is 4.45. The number of hydrogen-bond acceptors (Lipinski definition) is 3. The van der Waals surface area contributed by atoms with Crippen molar-refractivity contribution in [3.63, 3.8) is 0 Å². The predicted octanol–water partition coefficient (Wildman–Crippen LogP) is 4.42. The molecule has 2 rings (SSSR count). The molecule has 104 valence electrons. The van der Waals surface area contributed by atoms with Gasteiger partial charge >= 0.3 is 0 Å². The van der Waals surface area contributed by atoms with Crippen molar-refractivity contribution in [3.8, 4) is 0 Å². The van der Waals surface area contributed by atoms with Crippen molar-refractivity contribution in [2.24, 2.45) is 0 Å². The van der Waals surface area contributed by atoms with Crippen LogP contribution >= 0.6 is 11.6 Å². The van der Waals surface area contributed by atoms with Crippen LogP contribution in [0.3, 0.4) is 0 Å². The number of nitro benzene ring substituents is 1. The summed E-state index contributed by atoms with van der Waals surface area (Å²) >= 11 is 5.77. The van der Waals surface area contributed by atoms with Crippen LogP contribution in [-0.2, 0) is 13.0 Å². The third kappa shape index (κ3) is 3.48. The summed E-state index contributed by atoms with van der Waals surface area (Å²) in [4.78, 5) is 10.3. The molecule has 2 aromatic rings. The molecule has 2 aromatic carbocycles. The molecule has 0 saturated carbocycles. The molecule has 0 aliphatic rings. The van der Waals surface area contributed by atoms with Gasteiger partial charge < -0.3 is 5.32 Å². The minimum atomic E-state index is -0.483. The zero-order chi connectivity index (χ0) is 14.5. The molecule has 4 nitrogen and oxygen atoms in total. The fourth-order valence-corrected chi connectivity index (χ4v) is 2.05. The van der Waals surface area contributed by atoms with E-state index in [1.807, 2.05) is 0 Å². The minimum absolute atomic E-state index is 0.0852. The fraction of sp³-hybridized carbons (Fsp3) is 0.200. The summed E-state index contributed by atoms with van der Waals surface area (Å²) in [5.41, 5.74) is 3.01. The van der Waals surface area contributed by atoms with Crippen LogP contribution in [0, 0.1) is 10.1 Å². The summed E-state index contributed by atoms with van der Waals surface area (Å²) in [7, 11) is 0. The van der Waals surface area contributed by atoms with E-state index in [9.17, 15) is 10.1 Å². The smallest absolute Gasteiger partial charge is 0.289 e. The van der Waals surface area contributed by atoms with E-state index in [-0.39, 0.29) is 10.7 Å². The summed E-state index contributed by atoms with van der Waals surface area (Å²) in [5.74, 6) is 0. The van der Waals surface area contributed by atoms with Crippen LogP contribution in [0.4, 0.5) is 11.4 Å². The summed E-state index contributed by atoms with van der Waals surface area (Å²) in [6, 6.07) is 13.0. The number of aryl methyl sites for hydroxylation is 1. The third-order valence-corrected chi connectivity index (χ3v) is 3.39. The summed E-state index contributed by atoms with van der Waals surface area (Å²) in [5, 5.41) is 14.1. The Balaban J connectivity index is 2.06. The van der Waals surface area contributed by atoms with Gasteiger partial charge in [-0.25, -0.2) is 0 Å². The highest BCUT2D eigenvalue weighted by molar-refractivity contribution is 6.32. The maximum atomic E-state index is 10.8. The van der Waals surface area contributed by atoms with Crippen LogP contribution in [0.15, 0.2) is 42.5 Å².